The van der Waals surface area contributed by atoms with Crippen molar-refractivity contribution in [2.24, 2.45) is 0 Å². The summed E-state index contributed by atoms with van der Waals surface area (Å²) in [4.78, 5) is 8.43. The molecule has 102 valence electrons. The maximum Gasteiger partial charge on any atom is 0.222 e. The van der Waals surface area contributed by atoms with Crippen molar-refractivity contribution in [1.29, 1.82) is 0 Å². The molecule has 3 aromatic heterocycles. The Balaban J connectivity index is 1.76. The van der Waals surface area contributed by atoms with Crippen LogP contribution in [0.25, 0.3) is 0 Å². The van der Waals surface area contributed by atoms with Gasteiger partial charge >= 0.3 is 0 Å². The molecule has 4 nitrogen and oxygen atoms in total. The van der Waals surface area contributed by atoms with E-state index >= 15 is 0 Å². The van der Waals surface area contributed by atoms with Gasteiger partial charge in [0.05, 0.1) is 16.7 Å². The largest absolute Gasteiger partial charge is 0.469 e. The summed E-state index contributed by atoms with van der Waals surface area (Å²) < 4.78 is 6.41. The summed E-state index contributed by atoms with van der Waals surface area (Å²) in [6.45, 7) is 0.686. The number of hydrogen-bond donors (Lipinski definition) is 1. The van der Waals surface area contributed by atoms with Gasteiger partial charge in [-0.3, -0.25) is 0 Å². The summed E-state index contributed by atoms with van der Waals surface area (Å²) in [7, 11) is 0. The molecule has 0 aromatic carbocycles. The molecule has 1 unspecified atom stereocenters. The molecule has 1 atom stereocenters. The van der Waals surface area contributed by atoms with Gasteiger partial charge in [-0.2, -0.15) is 11.3 Å². The van der Waals surface area contributed by atoms with Gasteiger partial charge in [0.1, 0.15) is 5.76 Å². The van der Waals surface area contributed by atoms with Gasteiger partial charge in [0.15, 0.2) is 0 Å². The second-order valence-electron chi connectivity index (χ2n) is 4.23. The molecule has 0 aliphatic rings. The fraction of sp³-hybridized carbons (Fsp3) is 0.143. The van der Waals surface area contributed by atoms with Gasteiger partial charge in [-0.05, 0) is 50.5 Å². The fourth-order valence-corrected chi connectivity index (χ4v) is 2.86. The Morgan fingerprint density at radius 3 is 2.80 bits per heavy atom. The van der Waals surface area contributed by atoms with E-state index in [1.54, 1.807) is 30.0 Å². The molecule has 0 saturated heterocycles. The molecule has 0 spiro atoms. The average Bonchev–Trinajstić information content (AvgIpc) is 3.14. The van der Waals surface area contributed by atoms with Crippen molar-refractivity contribution in [3.05, 3.63) is 63.4 Å². The first kappa shape index (κ1) is 13.3. The first-order valence-corrected chi connectivity index (χ1v) is 7.83. The number of nitrogens with one attached hydrogen (secondary N) is 1. The number of furan rings is 1. The third-order valence-electron chi connectivity index (χ3n) is 2.92. The normalized spacial score (nSPS) is 12.2. The van der Waals surface area contributed by atoms with Crippen LogP contribution < -0.4 is 5.32 Å². The lowest BCUT2D eigenvalue weighted by Gasteiger charge is -2.14. The Morgan fingerprint density at radius 2 is 2.15 bits per heavy atom. The van der Waals surface area contributed by atoms with Gasteiger partial charge in [0.2, 0.25) is 5.95 Å². The highest BCUT2D eigenvalue weighted by Crippen LogP contribution is 2.27. The predicted octanol–water partition coefficient (Wildman–Crippen LogP) is 4.14. The smallest absolute Gasteiger partial charge is 0.222 e. The van der Waals surface area contributed by atoms with Crippen LogP contribution in [-0.4, -0.2) is 16.5 Å². The first-order valence-electron chi connectivity index (χ1n) is 6.10. The summed E-state index contributed by atoms with van der Waals surface area (Å²) in [5.41, 5.74) is 1.23. The van der Waals surface area contributed by atoms with Crippen molar-refractivity contribution >= 4 is 33.2 Å². The summed E-state index contributed by atoms with van der Waals surface area (Å²) in [6.07, 6.45) is 5.15. The van der Waals surface area contributed by atoms with E-state index in [0.29, 0.717) is 12.5 Å². The molecule has 0 amide bonds. The zero-order chi connectivity index (χ0) is 13.8. The van der Waals surface area contributed by atoms with Crippen molar-refractivity contribution < 1.29 is 4.42 Å². The molecule has 3 heterocycles. The highest BCUT2D eigenvalue weighted by atomic mass is 79.9. The number of thiophene rings is 1. The van der Waals surface area contributed by atoms with Crippen LogP contribution in [0.1, 0.15) is 17.2 Å². The number of anilines is 1. The van der Waals surface area contributed by atoms with Gasteiger partial charge in [-0.15, -0.1) is 0 Å². The standard InChI is InChI=1S/C14H12BrN3OS/c15-11-6-16-14(17-7-11)18-8-12(10-3-5-20-9-10)13-2-1-4-19-13/h1-7,9,12H,8H2,(H,16,17,18). The van der Waals surface area contributed by atoms with Crippen molar-refractivity contribution in [2.75, 3.05) is 11.9 Å². The Kier molecular flexibility index (Phi) is 4.13. The number of nitrogens with zero attached hydrogens (tertiary/aromatic N) is 2. The van der Waals surface area contributed by atoms with Gasteiger partial charge < -0.3 is 9.73 Å². The van der Waals surface area contributed by atoms with Gasteiger partial charge in [-0.1, -0.05) is 0 Å². The lowest BCUT2D eigenvalue weighted by atomic mass is 9.99. The summed E-state index contributed by atoms with van der Waals surface area (Å²) in [6, 6.07) is 6.01. The Morgan fingerprint density at radius 1 is 1.30 bits per heavy atom. The summed E-state index contributed by atoms with van der Waals surface area (Å²) >= 11 is 5.00. The molecule has 1 N–H and O–H groups in total. The number of hydrogen-bond acceptors (Lipinski definition) is 5. The SMILES string of the molecule is Brc1cnc(NCC(c2ccsc2)c2ccco2)nc1. The monoisotopic (exact) mass is 349 g/mol. The van der Waals surface area contributed by atoms with Gasteiger partial charge in [0.25, 0.3) is 0 Å². The highest BCUT2D eigenvalue weighted by Gasteiger charge is 2.17. The van der Waals surface area contributed by atoms with Crippen molar-refractivity contribution in [1.82, 2.24) is 9.97 Å². The zero-order valence-corrected chi connectivity index (χ0v) is 12.9. The lowest BCUT2D eigenvalue weighted by molar-refractivity contribution is 0.491. The lowest BCUT2D eigenvalue weighted by Crippen LogP contribution is -2.14. The second kappa shape index (κ2) is 6.19. The van der Waals surface area contributed by atoms with E-state index in [0.717, 1.165) is 10.2 Å². The van der Waals surface area contributed by atoms with Crippen molar-refractivity contribution in [3.63, 3.8) is 0 Å². The topological polar surface area (TPSA) is 51.0 Å². The van der Waals surface area contributed by atoms with E-state index in [2.05, 4.69) is 48.0 Å². The van der Waals surface area contributed by atoms with E-state index in [9.17, 15) is 0 Å². The van der Waals surface area contributed by atoms with Crippen molar-refractivity contribution in [3.8, 4) is 0 Å². The molecule has 3 aromatic rings. The van der Waals surface area contributed by atoms with E-state index < -0.39 is 0 Å². The van der Waals surface area contributed by atoms with Crippen molar-refractivity contribution in [2.45, 2.75) is 5.92 Å². The molecular weight excluding hydrogens is 338 g/mol. The van der Waals surface area contributed by atoms with E-state index in [1.807, 2.05) is 12.1 Å². The maximum absolute atomic E-state index is 5.54. The second-order valence-corrected chi connectivity index (χ2v) is 5.93. The Labute approximate surface area is 129 Å². The van der Waals surface area contributed by atoms with Gasteiger partial charge in [0, 0.05) is 18.9 Å². The summed E-state index contributed by atoms with van der Waals surface area (Å²) in [5.74, 6) is 1.71. The van der Waals surface area contributed by atoms with Crippen LogP contribution in [0.3, 0.4) is 0 Å². The molecule has 6 heteroatoms. The minimum atomic E-state index is 0.156. The number of halogens is 1. The summed E-state index contributed by atoms with van der Waals surface area (Å²) in [5, 5.41) is 7.46. The molecule has 0 aliphatic carbocycles. The quantitative estimate of drug-likeness (QED) is 0.752. The molecule has 0 fully saturated rings. The maximum atomic E-state index is 5.54. The minimum Gasteiger partial charge on any atom is -0.469 e. The molecule has 0 bridgehead atoms. The van der Waals surface area contributed by atoms with E-state index in [4.69, 9.17) is 4.42 Å². The highest BCUT2D eigenvalue weighted by molar-refractivity contribution is 9.10. The zero-order valence-electron chi connectivity index (χ0n) is 10.5. The molecule has 0 radical (unpaired) electrons. The molecular formula is C14H12BrN3OS. The molecule has 3 rings (SSSR count). The Bertz CT molecular complexity index is 603. The average molecular weight is 350 g/mol. The third-order valence-corrected chi connectivity index (χ3v) is 4.03. The van der Waals surface area contributed by atoms with E-state index in [-0.39, 0.29) is 5.92 Å². The van der Waals surface area contributed by atoms with Crippen LogP contribution in [-0.2, 0) is 0 Å². The van der Waals surface area contributed by atoms with Gasteiger partial charge in [-0.25, -0.2) is 9.97 Å². The first-order chi connectivity index (χ1) is 9.83. The Hall–Kier alpha value is -1.66. The van der Waals surface area contributed by atoms with Crippen LogP contribution in [0.5, 0.6) is 0 Å². The van der Waals surface area contributed by atoms with Crippen LogP contribution in [0, 0.1) is 0 Å². The van der Waals surface area contributed by atoms with E-state index in [1.165, 1.54) is 5.56 Å². The third kappa shape index (κ3) is 3.08. The van der Waals surface area contributed by atoms with Crippen LogP contribution in [0.4, 0.5) is 5.95 Å². The fourth-order valence-electron chi connectivity index (χ4n) is 1.94. The predicted molar refractivity (Wildman–Crippen MR) is 83.1 cm³/mol. The minimum absolute atomic E-state index is 0.156. The van der Waals surface area contributed by atoms with Crippen LogP contribution in [0.2, 0.25) is 0 Å². The molecule has 20 heavy (non-hydrogen) atoms. The number of aromatic nitrogens is 2. The van der Waals surface area contributed by atoms with Crippen LogP contribution >= 0.6 is 27.3 Å². The molecule has 0 saturated carbocycles. The molecule has 0 aliphatic heterocycles. The number of rotatable bonds is 5. The van der Waals surface area contributed by atoms with Crippen LogP contribution in [0.15, 0.2) is 56.5 Å².